The number of hydrogen-bond acceptors (Lipinski definition) is 4. The minimum Gasteiger partial charge on any atom is -0.481 e. The Labute approximate surface area is 125 Å². The summed E-state index contributed by atoms with van der Waals surface area (Å²) in [7, 11) is 0. The van der Waals surface area contributed by atoms with Crippen LogP contribution in [0.15, 0.2) is 0 Å². The van der Waals surface area contributed by atoms with Crippen molar-refractivity contribution in [3.63, 3.8) is 0 Å². The molecule has 7 heteroatoms. The first kappa shape index (κ1) is 17.7. The summed E-state index contributed by atoms with van der Waals surface area (Å²) in [4.78, 5) is 25.2. The summed E-state index contributed by atoms with van der Waals surface area (Å²) >= 11 is 0. The van der Waals surface area contributed by atoms with Gasteiger partial charge in [-0.1, -0.05) is 13.8 Å². The van der Waals surface area contributed by atoms with E-state index in [0.29, 0.717) is 25.9 Å². The SMILES string of the molecule is CCC(CC)(CNC(=O)N1CC(C)OC(CO)C1)C(=O)O. The normalized spacial score (nSPS) is 23.0. The van der Waals surface area contributed by atoms with E-state index in [9.17, 15) is 14.7 Å². The Balaban J connectivity index is 2.62. The molecule has 2 amide bonds. The van der Waals surface area contributed by atoms with Gasteiger partial charge in [0, 0.05) is 13.1 Å². The number of hydrogen-bond donors (Lipinski definition) is 3. The van der Waals surface area contributed by atoms with E-state index in [-0.39, 0.29) is 31.4 Å². The first-order valence-corrected chi connectivity index (χ1v) is 7.41. The number of carboxylic acid groups (broad SMARTS) is 1. The molecule has 1 rings (SSSR count). The molecule has 2 unspecified atom stereocenters. The Kier molecular flexibility index (Phi) is 6.42. The summed E-state index contributed by atoms with van der Waals surface area (Å²) < 4.78 is 5.48. The van der Waals surface area contributed by atoms with Gasteiger partial charge in [-0.25, -0.2) is 4.79 Å². The standard InChI is InChI=1S/C14H26N2O5/c1-4-14(5-2,12(18)19)9-15-13(20)16-6-10(3)21-11(7-16)8-17/h10-11,17H,4-9H2,1-3H3,(H,15,20)(H,18,19). The lowest BCUT2D eigenvalue weighted by Gasteiger charge is -2.37. The summed E-state index contributed by atoms with van der Waals surface area (Å²) in [5.74, 6) is -0.892. The second-order valence-electron chi connectivity index (χ2n) is 5.61. The van der Waals surface area contributed by atoms with Gasteiger partial charge in [-0.3, -0.25) is 4.79 Å². The van der Waals surface area contributed by atoms with Crippen LogP contribution in [0.4, 0.5) is 4.79 Å². The molecule has 2 atom stereocenters. The van der Waals surface area contributed by atoms with Crippen LogP contribution in [0.2, 0.25) is 0 Å². The van der Waals surface area contributed by atoms with Gasteiger partial charge in [0.15, 0.2) is 0 Å². The molecule has 7 nitrogen and oxygen atoms in total. The average Bonchev–Trinajstić information content (AvgIpc) is 2.47. The van der Waals surface area contributed by atoms with Crippen LogP contribution in [0, 0.1) is 5.41 Å². The van der Waals surface area contributed by atoms with Crippen molar-refractivity contribution >= 4 is 12.0 Å². The molecule has 1 aliphatic rings. The molecule has 0 saturated carbocycles. The van der Waals surface area contributed by atoms with E-state index >= 15 is 0 Å². The maximum absolute atomic E-state index is 12.2. The molecule has 0 spiro atoms. The lowest BCUT2D eigenvalue weighted by molar-refractivity contribution is -0.149. The number of morpholine rings is 1. The van der Waals surface area contributed by atoms with Crippen molar-refractivity contribution in [2.45, 2.75) is 45.8 Å². The summed E-state index contributed by atoms with van der Waals surface area (Å²) in [6, 6.07) is -0.309. The maximum Gasteiger partial charge on any atom is 0.317 e. The van der Waals surface area contributed by atoms with Gasteiger partial charge in [0.1, 0.15) is 0 Å². The first-order valence-electron chi connectivity index (χ1n) is 7.41. The highest BCUT2D eigenvalue weighted by molar-refractivity contribution is 5.78. The highest BCUT2D eigenvalue weighted by Crippen LogP contribution is 2.25. The van der Waals surface area contributed by atoms with Crippen LogP contribution in [-0.4, -0.2) is 65.6 Å². The van der Waals surface area contributed by atoms with Crippen LogP contribution in [-0.2, 0) is 9.53 Å². The lowest BCUT2D eigenvalue weighted by atomic mass is 9.82. The number of rotatable bonds is 6. The summed E-state index contributed by atoms with van der Waals surface area (Å²) in [6.07, 6.45) is 0.375. The van der Waals surface area contributed by atoms with Crippen molar-refractivity contribution in [3.8, 4) is 0 Å². The van der Waals surface area contributed by atoms with E-state index in [0.717, 1.165) is 0 Å². The predicted octanol–water partition coefficient (Wildman–Crippen LogP) is 0.669. The Morgan fingerprint density at radius 1 is 1.33 bits per heavy atom. The summed E-state index contributed by atoms with van der Waals surface area (Å²) in [5.41, 5.74) is -0.927. The van der Waals surface area contributed by atoms with Crippen molar-refractivity contribution in [3.05, 3.63) is 0 Å². The van der Waals surface area contributed by atoms with E-state index in [1.165, 1.54) is 0 Å². The highest BCUT2D eigenvalue weighted by atomic mass is 16.5. The van der Waals surface area contributed by atoms with Gasteiger partial charge >= 0.3 is 12.0 Å². The zero-order valence-electron chi connectivity index (χ0n) is 13.0. The maximum atomic E-state index is 12.2. The van der Waals surface area contributed by atoms with Crippen LogP contribution in [0.1, 0.15) is 33.6 Å². The molecular weight excluding hydrogens is 276 g/mol. The van der Waals surface area contributed by atoms with Crippen LogP contribution in [0.25, 0.3) is 0 Å². The molecule has 122 valence electrons. The quantitative estimate of drug-likeness (QED) is 0.669. The second kappa shape index (κ2) is 7.61. The summed E-state index contributed by atoms with van der Waals surface area (Å²) in [5, 5.41) is 21.2. The number of ether oxygens (including phenoxy) is 1. The van der Waals surface area contributed by atoms with Gasteiger partial charge in [0.2, 0.25) is 0 Å². The molecule has 0 aromatic heterocycles. The number of amides is 2. The van der Waals surface area contributed by atoms with Gasteiger partial charge in [-0.2, -0.15) is 0 Å². The van der Waals surface area contributed by atoms with Crippen molar-refractivity contribution in [1.82, 2.24) is 10.2 Å². The number of carbonyl (C=O) groups is 2. The van der Waals surface area contributed by atoms with Gasteiger partial charge in [-0.05, 0) is 19.8 Å². The van der Waals surface area contributed by atoms with Gasteiger partial charge in [0.25, 0.3) is 0 Å². The van der Waals surface area contributed by atoms with Crippen molar-refractivity contribution in [1.29, 1.82) is 0 Å². The van der Waals surface area contributed by atoms with Crippen LogP contribution < -0.4 is 5.32 Å². The van der Waals surface area contributed by atoms with E-state index in [1.807, 2.05) is 20.8 Å². The zero-order chi connectivity index (χ0) is 16.0. The van der Waals surface area contributed by atoms with Gasteiger partial charge in [0.05, 0.1) is 30.8 Å². The highest BCUT2D eigenvalue weighted by Gasteiger charge is 2.36. The fourth-order valence-corrected chi connectivity index (χ4v) is 2.55. The number of carboxylic acids is 1. The van der Waals surface area contributed by atoms with Crippen LogP contribution in [0.3, 0.4) is 0 Å². The third-order valence-electron chi connectivity index (χ3n) is 4.20. The number of nitrogens with one attached hydrogen (secondary N) is 1. The molecule has 1 aliphatic heterocycles. The van der Waals surface area contributed by atoms with E-state index in [1.54, 1.807) is 4.90 Å². The predicted molar refractivity (Wildman–Crippen MR) is 77.0 cm³/mol. The second-order valence-corrected chi connectivity index (χ2v) is 5.61. The molecule has 0 aromatic rings. The third kappa shape index (κ3) is 4.31. The topological polar surface area (TPSA) is 99.1 Å². The van der Waals surface area contributed by atoms with Gasteiger partial charge < -0.3 is 25.2 Å². The van der Waals surface area contributed by atoms with Crippen molar-refractivity contribution in [2.75, 3.05) is 26.2 Å². The number of aliphatic hydroxyl groups is 1. The monoisotopic (exact) mass is 302 g/mol. The number of carbonyl (C=O) groups excluding carboxylic acids is 1. The smallest absolute Gasteiger partial charge is 0.317 e. The van der Waals surface area contributed by atoms with Gasteiger partial charge in [-0.15, -0.1) is 0 Å². The third-order valence-corrected chi connectivity index (χ3v) is 4.20. The van der Waals surface area contributed by atoms with Crippen LogP contribution in [0.5, 0.6) is 0 Å². The fraction of sp³-hybridized carbons (Fsp3) is 0.857. The Bertz CT molecular complexity index is 370. The summed E-state index contributed by atoms with van der Waals surface area (Å²) in [6.45, 7) is 6.15. The van der Waals surface area contributed by atoms with Crippen molar-refractivity contribution in [2.24, 2.45) is 5.41 Å². The molecule has 21 heavy (non-hydrogen) atoms. The molecule has 0 aromatic carbocycles. The Morgan fingerprint density at radius 3 is 2.43 bits per heavy atom. The molecular formula is C14H26N2O5. The molecule has 0 radical (unpaired) electrons. The van der Waals surface area contributed by atoms with Crippen molar-refractivity contribution < 1.29 is 24.5 Å². The van der Waals surface area contributed by atoms with E-state index in [4.69, 9.17) is 9.84 Å². The average molecular weight is 302 g/mol. The Hall–Kier alpha value is -1.34. The number of urea groups is 1. The number of aliphatic hydroxyl groups excluding tert-OH is 1. The lowest BCUT2D eigenvalue weighted by Crippen LogP contribution is -2.55. The molecule has 1 saturated heterocycles. The Morgan fingerprint density at radius 2 is 1.95 bits per heavy atom. The van der Waals surface area contributed by atoms with E-state index in [2.05, 4.69) is 5.32 Å². The fourth-order valence-electron chi connectivity index (χ4n) is 2.55. The number of nitrogens with zero attached hydrogens (tertiary/aromatic N) is 1. The van der Waals surface area contributed by atoms with E-state index < -0.39 is 11.4 Å². The van der Waals surface area contributed by atoms with Crippen LogP contribution >= 0.6 is 0 Å². The largest absolute Gasteiger partial charge is 0.481 e. The number of aliphatic carboxylic acids is 1. The molecule has 1 heterocycles. The molecule has 0 aliphatic carbocycles. The molecule has 3 N–H and O–H groups in total. The minimum absolute atomic E-state index is 0.101. The molecule has 0 bridgehead atoms. The zero-order valence-corrected chi connectivity index (χ0v) is 13.0. The minimum atomic E-state index is -0.927. The molecule has 1 fully saturated rings. The first-order chi connectivity index (χ1) is 9.88.